The second-order valence-corrected chi connectivity index (χ2v) is 9.45. The minimum absolute atomic E-state index is 0.237. The fourth-order valence-electron chi connectivity index (χ4n) is 6.13. The molecule has 0 saturated carbocycles. The second-order valence-electron chi connectivity index (χ2n) is 9.45. The lowest BCUT2D eigenvalue weighted by Gasteiger charge is -2.49. The predicted molar refractivity (Wildman–Crippen MR) is 134 cm³/mol. The Kier molecular flexibility index (Phi) is 4.00. The Morgan fingerprint density at radius 2 is 1.61 bits per heavy atom. The zero-order valence-electron chi connectivity index (χ0n) is 18.7. The molecule has 3 heterocycles. The second kappa shape index (κ2) is 6.97. The van der Waals surface area contributed by atoms with E-state index in [2.05, 4.69) is 108 Å². The van der Waals surface area contributed by atoms with Gasteiger partial charge in [-0.2, -0.15) is 0 Å². The van der Waals surface area contributed by atoms with Crippen LogP contribution in [0, 0.1) is 0 Å². The molecule has 0 saturated heterocycles. The largest absolute Gasteiger partial charge is 0.466 e. The summed E-state index contributed by atoms with van der Waals surface area (Å²) in [6, 6.07) is 32.7. The SMILES string of the molecule is CN1CCc2c([nH]c3ccccc23)C12CC(c1ccccc1)c1c(ccc3ccccc13)O2. The van der Waals surface area contributed by atoms with E-state index in [0.29, 0.717) is 0 Å². The maximum absolute atomic E-state index is 7.08. The van der Waals surface area contributed by atoms with Gasteiger partial charge in [0, 0.05) is 35.3 Å². The molecule has 1 spiro atoms. The fraction of sp³-hybridized carbons (Fsp3) is 0.200. The summed E-state index contributed by atoms with van der Waals surface area (Å²) < 4.78 is 7.08. The van der Waals surface area contributed by atoms with Crippen molar-refractivity contribution >= 4 is 21.7 Å². The number of para-hydroxylation sites is 1. The van der Waals surface area contributed by atoms with Crippen molar-refractivity contribution in [1.29, 1.82) is 0 Å². The van der Waals surface area contributed by atoms with Gasteiger partial charge in [0.25, 0.3) is 0 Å². The molecule has 0 bridgehead atoms. The quantitative estimate of drug-likeness (QED) is 0.325. The molecule has 2 atom stereocenters. The third-order valence-corrected chi connectivity index (χ3v) is 7.76. The minimum atomic E-state index is -0.525. The number of nitrogens with zero attached hydrogens (tertiary/aromatic N) is 1. The van der Waals surface area contributed by atoms with Crippen molar-refractivity contribution in [3.8, 4) is 5.75 Å². The summed E-state index contributed by atoms with van der Waals surface area (Å²) in [5.41, 5.74) is 5.94. The minimum Gasteiger partial charge on any atom is -0.466 e. The first-order chi connectivity index (χ1) is 16.2. The third-order valence-electron chi connectivity index (χ3n) is 7.76. The number of rotatable bonds is 1. The van der Waals surface area contributed by atoms with Crippen LogP contribution in [0.2, 0.25) is 0 Å². The highest BCUT2D eigenvalue weighted by atomic mass is 16.5. The molecule has 2 aliphatic heterocycles. The summed E-state index contributed by atoms with van der Waals surface area (Å²) in [6.45, 7) is 0.971. The number of ether oxygens (including phenoxy) is 1. The molecule has 0 fully saturated rings. The Labute approximate surface area is 193 Å². The van der Waals surface area contributed by atoms with Crippen molar-refractivity contribution in [2.24, 2.45) is 0 Å². The molecule has 5 aromatic rings. The van der Waals surface area contributed by atoms with Crippen LogP contribution >= 0.6 is 0 Å². The predicted octanol–water partition coefficient (Wildman–Crippen LogP) is 6.58. The van der Waals surface area contributed by atoms with E-state index in [1.165, 1.54) is 44.1 Å². The van der Waals surface area contributed by atoms with E-state index in [9.17, 15) is 0 Å². The van der Waals surface area contributed by atoms with Crippen LogP contribution in [0.5, 0.6) is 5.75 Å². The van der Waals surface area contributed by atoms with Gasteiger partial charge in [-0.15, -0.1) is 0 Å². The van der Waals surface area contributed by atoms with E-state index >= 15 is 0 Å². The summed E-state index contributed by atoms with van der Waals surface area (Å²) >= 11 is 0. The van der Waals surface area contributed by atoms with Crippen LogP contribution in [0.1, 0.15) is 34.7 Å². The molecular weight excluding hydrogens is 404 g/mol. The molecule has 0 aliphatic carbocycles. The number of fused-ring (bicyclic) bond motifs is 7. The van der Waals surface area contributed by atoms with Gasteiger partial charge < -0.3 is 9.72 Å². The van der Waals surface area contributed by atoms with Crippen molar-refractivity contribution in [2.75, 3.05) is 13.6 Å². The Morgan fingerprint density at radius 3 is 2.48 bits per heavy atom. The molecule has 33 heavy (non-hydrogen) atoms. The van der Waals surface area contributed by atoms with Gasteiger partial charge in [0.1, 0.15) is 5.75 Å². The average Bonchev–Trinajstić information content (AvgIpc) is 3.26. The van der Waals surface area contributed by atoms with Crippen LogP contribution in [-0.2, 0) is 12.1 Å². The van der Waals surface area contributed by atoms with Gasteiger partial charge >= 0.3 is 0 Å². The molecule has 3 heteroatoms. The van der Waals surface area contributed by atoms with Crippen LogP contribution in [0.15, 0.2) is 91.0 Å². The maximum atomic E-state index is 7.08. The molecule has 2 unspecified atom stereocenters. The summed E-state index contributed by atoms with van der Waals surface area (Å²) in [4.78, 5) is 6.20. The van der Waals surface area contributed by atoms with Gasteiger partial charge in [-0.25, -0.2) is 0 Å². The Balaban J connectivity index is 1.51. The van der Waals surface area contributed by atoms with Gasteiger partial charge in [0.05, 0.1) is 5.69 Å². The lowest BCUT2D eigenvalue weighted by molar-refractivity contribution is -0.107. The lowest BCUT2D eigenvalue weighted by Crippen LogP contribution is -2.55. The van der Waals surface area contributed by atoms with Crippen molar-refractivity contribution in [2.45, 2.75) is 24.5 Å². The molecule has 2 aliphatic rings. The molecule has 0 radical (unpaired) electrons. The van der Waals surface area contributed by atoms with Crippen molar-refractivity contribution < 1.29 is 4.74 Å². The molecule has 1 N–H and O–H groups in total. The topological polar surface area (TPSA) is 28.3 Å². The summed E-state index contributed by atoms with van der Waals surface area (Å²) in [5, 5.41) is 3.87. The number of benzene rings is 4. The van der Waals surface area contributed by atoms with Crippen LogP contribution in [0.3, 0.4) is 0 Å². The molecule has 3 nitrogen and oxygen atoms in total. The number of hydrogen-bond donors (Lipinski definition) is 1. The molecule has 4 aromatic carbocycles. The normalized spacial score (nSPS) is 22.3. The summed E-state index contributed by atoms with van der Waals surface area (Å²) in [7, 11) is 2.21. The van der Waals surface area contributed by atoms with Crippen LogP contribution in [-0.4, -0.2) is 23.5 Å². The van der Waals surface area contributed by atoms with Crippen LogP contribution < -0.4 is 4.74 Å². The molecular formula is C30H26N2O. The Hall–Kier alpha value is -3.56. The number of aromatic amines is 1. The van der Waals surface area contributed by atoms with Gasteiger partial charge in [0.15, 0.2) is 0 Å². The van der Waals surface area contributed by atoms with Gasteiger partial charge in [-0.1, -0.05) is 78.9 Å². The first kappa shape index (κ1) is 19.0. The number of hydrogen-bond acceptors (Lipinski definition) is 2. The monoisotopic (exact) mass is 430 g/mol. The van der Waals surface area contributed by atoms with Gasteiger partial charge in [0.2, 0.25) is 5.72 Å². The Morgan fingerprint density at radius 1 is 0.848 bits per heavy atom. The van der Waals surface area contributed by atoms with Crippen molar-refractivity contribution in [3.05, 3.63) is 113 Å². The van der Waals surface area contributed by atoms with Crippen LogP contribution in [0.4, 0.5) is 0 Å². The fourth-order valence-corrected chi connectivity index (χ4v) is 6.13. The van der Waals surface area contributed by atoms with Crippen molar-refractivity contribution in [1.82, 2.24) is 9.88 Å². The number of likely N-dealkylation sites (N-methyl/N-ethyl adjacent to an activating group) is 1. The van der Waals surface area contributed by atoms with E-state index in [1.807, 2.05) is 0 Å². The van der Waals surface area contributed by atoms with E-state index in [0.717, 1.165) is 25.1 Å². The zero-order valence-corrected chi connectivity index (χ0v) is 18.7. The smallest absolute Gasteiger partial charge is 0.205 e. The summed E-state index contributed by atoms with van der Waals surface area (Å²) in [6.07, 6.45) is 1.90. The highest BCUT2D eigenvalue weighted by molar-refractivity contribution is 5.89. The van der Waals surface area contributed by atoms with Gasteiger partial charge in [-0.3, -0.25) is 4.90 Å². The standard InChI is InChI=1S/C30H26N2O/c1-32-18-17-24-23-13-7-8-14-26(23)31-29(24)30(32)19-25(20-9-3-2-4-10-20)28-22-12-6-5-11-21(22)15-16-27(28)33-30/h2-16,25,31H,17-19H2,1H3. The lowest BCUT2D eigenvalue weighted by atomic mass is 9.77. The first-order valence-electron chi connectivity index (χ1n) is 11.8. The van der Waals surface area contributed by atoms with Crippen molar-refractivity contribution in [3.63, 3.8) is 0 Å². The van der Waals surface area contributed by atoms with E-state index in [-0.39, 0.29) is 5.92 Å². The molecule has 0 amide bonds. The molecule has 1 aromatic heterocycles. The van der Waals surface area contributed by atoms with E-state index in [4.69, 9.17) is 4.74 Å². The van der Waals surface area contributed by atoms with Crippen LogP contribution in [0.25, 0.3) is 21.7 Å². The van der Waals surface area contributed by atoms with E-state index in [1.54, 1.807) is 0 Å². The zero-order chi connectivity index (χ0) is 22.0. The average molecular weight is 431 g/mol. The van der Waals surface area contributed by atoms with Gasteiger partial charge in [-0.05, 0) is 47.5 Å². The number of H-pyrrole nitrogens is 1. The highest BCUT2D eigenvalue weighted by Crippen LogP contribution is 2.53. The molecule has 7 rings (SSSR count). The third kappa shape index (κ3) is 2.66. The molecule has 162 valence electrons. The maximum Gasteiger partial charge on any atom is 0.205 e. The van der Waals surface area contributed by atoms with E-state index < -0.39 is 5.72 Å². The Bertz CT molecular complexity index is 1500. The highest BCUT2D eigenvalue weighted by Gasteiger charge is 2.50. The number of nitrogens with one attached hydrogen (secondary N) is 1. The number of aromatic nitrogens is 1. The summed E-state index contributed by atoms with van der Waals surface area (Å²) in [5.74, 6) is 1.23. The first-order valence-corrected chi connectivity index (χ1v) is 11.8.